The number of esters is 1. The molecule has 0 radical (unpaired) electrons. The molecule has 0 saturated carbocycles. The van der Waals surface area contributed by atoms with Crippen molar-refractivity contribution >= 4 is 30.2 Å². The lowest BCUT2D eigenvalue weighted by Gasteiger charge is -2.11. The number of methoxy groups -OCH3 is 1. The van der Waals surface area contributed by atoms with E-state index in [-0.39, 0.29) is 28.7 Å². The maximum atomic E-state index is 12.3. The van der Waals surface area contributed by atoms with Gasteiger partial charge in [-0.05, 0) is 20.8 Å². The molecule has 0 aromatic carbocycles. The Bertz CT molecular complexity index is 665. The fourth-order valence-corrected chi connectivity index (χ4v) is 2.49. The molecule has 0 aliphatic heterocycles. The number of rotatable bonds is 2. The minimum Gasteiger partial charge on any atom is -0.468 e. The molecule has 0 fully saturated rings. The first-order valence-electron chi connectivity index (χ1n) is 5.97. The van der Waals surface area contributed by atoms with Crippen LogP contribution in [0.3, 0.4) is 0 Å². The Labute approximate surface area is 121 Å². The van der Waals surface area contributed by atoms with E-state index in [0.29, 0.717) is 16.7 Å². The summed E-state index contributed by atoms with van der Waals surface area (Å²) in [6.45, 7) is 4.81. The molecule has 1 unspecified atom stereocenters. The molecule has 1 aromatic heterocycles. The van der Waals surface area contributed by atoms with E-state index in [4.69, 9.17) is 4.42 Å². The Morgan fingerprint density at radius 2 is 1.70 bits per heavy atom. The summed E-state index contributed by atoms with van der Waals surface area (Å²) in [6, 6.07) is 0. The third kappa shape index (κ3) is 1.91. The maximum absolute atomic E-state index is 12.3. The van der Waals surface area contributed by atoms with Crippen LogP contribution in [-0.2, 0) is 9.53 Å². The van der Waals surface area contributed by atoms with Gasteiger partial charge in [-0.3, -0.25) is 14.4 Å². The first-order chi connectivity index (χ1) is 9.31. The van der Waals surface area contributed by atoms with Gasteiger partial charge in [0.15, 0.2) is 16.8 Å². The van der Waals surface area contributed by atoms with E-state index in [1.54, 1.807) is 20.8 Å². The van der Waals surface area contributed by atoms with Crippen LogP contribution in [0.5, 0.6) is 0 Å². The van der Waals surface area contributed by atoms with E-state index < -0.39 is 11.2 Å². The van der Waals surface area contributed by atoms with Crippen LogP contribution >= 0.6 is 12.6 Å². The molecule has 0 amide bonds. The van der Waals surface area contributed by atoms with E-state index >= 15 is 0 Å². The number of Topliss-reactive ketones (excluding diaryl/α,β-unsaturated/α-hetero) is 2. The van der Waals surface area contributed by atoms with Crippen molar-refractivity contribution in [1.29, 1.82) is 0 Å². The van der Waals surface area contributed by atoms with Crippen molar-refractivity contribution in [2.24, 2.45) is 0 Å². The van der Waals surface area contributed by atoms with Crippen molar-refractivity contribution < 1.29 is 23.5 Å². The molecule has 0 saturated heterocycles. The second-order valence-electron chi connectivity index (χ2n) is 4.63. The second kappa shape index (κ2) is 4.94. The van der Waals surface area contributed by atoms with Gasteiger partial charge in [0, 0.05) is 16.7 Å². The molecule has 6 heteroatoms. The second-order valence-corrected chi connectivity index (χ2v) is 5.15. The third-order valence-corrected chi connectivity index (χ3v) is 3.98. The lowest BCUT2D eigenvalue weighted by molar-refractivity contribution is -0.140. The summed E-state index contributed by atoms with van der Waals surface area (Å²) in [5.41, 5.74) is 1.43. The number of carbonyl (C=O) groups is 3. The molecule has 1 aliphatic rings. The fraction of sp³-hybridized carbons (Fsp3) is 0.357. The van der Waals surface area contributed by atoms with E-state index in [0.717, 1.165) is 0 Å². The zero-order valence-electron chi connectivity index (χ0n) is 11.6. The largest absolute Gasteiger partial charge is 0.468 e. The summed E-state index contributed by atoms with van der Waals surface area (Å²) >= 11 is 4.12. The average molecular weight is 294 g/mol. The molecule has 1 aliphatic carbocycles. The molecule has 0 N–H and O–H groups in total. The van der Waals surface area contributed by atoms with Crippen LogP contribution in [0.2, 0.25) is 0 Å². The third-order valence-electron chi connectivity index (χ3n) is 3.53. The van der Waals surface area contributed by atoms with Gasteiger partial charge < -0.3 is 9.15 Å². The van der Waals surface area contributed by atoms with Crippen molar-refractivity contribution in [2.45, 2.75) is 26.0 Å². The highest BCUT2D eigenvalue weighted by molar-refractivity contribution is 7.81. The van der Waals surface area contributed by atoms with Crippen molar-refractivity contribution in [1.82, 2.24) is 0 Å². The predicted molar refractivity (Wildman–Crippen MR) is 74.2 cm³/mol. The molecule has 0 bridgehead atoms. The minimum absolute atomic E-state index is 0.0199. The average Bonchev–Trinajstić information content (AvgIpc) is 2.78. The van der Waals surface area contributed by atoms with Gasteiger partial charge in [0.25, 0.3) is 0 Å². The zero-order valence-corrected chi connectivity index (χ0v) is 12.5. The molecule has 1 aromatic rings. The Morgan fingerprint density at radius 1 is 1.15 bits per heavy atom. The van der Waals surface area contributed by atoms with Crippen LogP contribution in [0.4, 0.5) is 0 Å². The Hall–Kier alpha value is -1.82. The highest BCUT2D eigenvalue weighted by atomic mass is 32.1. The normalized spacial score (nSPS) is 16.2. The number of hydrogen-bond donors (Lipinski definition) is 1. The summed E-state index contributed by atoms with van der Waals surface area (Å²) in [5, 5.41) is -0.966. The van der Waals surface area contributed by atoms with Gasteiger partial charge in [-0.1, -0.05) is 0 Å². The topological polar surface area (TPSA) is 73.6 Å². The quantitative estimate of drug-likeness (QED) is 0.670. The number of carbonyl (C=O) groups excluding carboxylic acids is 3. The number of thiol groups is 1. The molecule has 1 heterocycles. The van der Waals surface area contributed by atoms with E-state index in [9.17, 15) is 14.4 Å². The fourth-order valence-electron chi connectivity index (χ4n) is 2.14. The molecule has 106 valence electrons. The van der Waals surface area contributed by atoms with Gasteiger partial charge in [-0.15, -0.1) is 0 Å². The number of fused-ring (bicyclic) bond motifs is 1. The highest BCUT2D eigenvalue weighted by Gasteiger charge is 2.37. The van der Waals surface area contributed by atoms with Crippen LogP contribution in [0.1, 0.15) is 51.3 Å². The Balaban J connectivity index is 2.62. The van der Waals surface area contributed by atoms with E-state index in [2.05, 4.69) is 17.4 Å². The van der Waals surface area contributed by atoms with Crippen LogP contribution in [0.25, 0.3) is 0 Å². The van der Waals surface area contributed by atoms with Crippen LogP contribution in [0, 0.1) is 6.92 Å². The number of furan rings is 1. The van der Waals surface area contributed by atoms with Crippen molar-refractivity contribution in [3.05, 3.63) is 33.8 Å². The van der Waals surface area contributed by atoms with E-state index in [1.165, 1.54) is 7.11 Å². The van der Waals surface area contributed by atoms with Gasteiger partial charge in [-0.25, -0.2) is 0 Å². The number of ketones is 2. The van der Waals surface area contributed by atoms with Gasteiger partial charge in [0.05, 0.1) is 12.7 Å². The van der Waals surface area contributed by atoms with E-state index in [1.807, 2.05) is 0 Å². The predicted octanol–water partition coefficient (Wildman–Crippen LogP) is 2.45. The van der Waals surface area contributed by atoms with Gasteiger partial charge in [0.1, 0.15) is 5.76 Å². The summed E-state index contributed by atoms with van der Waals surface area (Å²) in [4.78, 5) is 35.9. The lowest BCUT2D eigenvalue weighted by Crippen LogP contribution is -2.18. The minimum atomic E-state index is -0.966. The molecular formula is C14H14O5S. The molecule has 0 spiro atoms. The smallest absolute Gasteiger partial charge is 0.326 e. The molecule has 5 nitrogen and oxygen atoms in total. The lowest BCUT2D eigenvalue weighted by atomic mass is 9.88. The molecule has 20 heavy (non-hydrogen) atoms. The van der Waals surface area contributed by atoms with Gasteiger partial charge in [-0.2, -0.15) is 12.6 Å². The Kier molecular flexibility index (Phi) is 3.60. The maximum Gasteiger partial charge on any atom is 0.326 e. The molecule has 1 atom stereocenters. The summed E-state index contributed by atoms with van der Waals surface area (Å²) in [6.07, 6.45) is 0. The monoisotopic (exact) mass is 294 g/mol. The zero-order chi connectivity index (χ0) is 15.2. The number of hydrogen-bond acceptors (Lipinski definition) is 6. The standard InChI is InChI=1S/C14H14O5S/c1-5-6(2)10(16)12-8(9(5)15)7(3)11(19-12)13(20)14(17)18-4/h13,20H,1-4H3. The van der Waals surface area contributed by atoms with Crippen LogP contribution < -0.4 is 0 Å². The summed E-state index contributed by atoms with van der Waals surface area (Å²) in [5.74, 6) is -1.04. The summed E-state index contributed by atoms with van der Waals surface area (Å²) < 4.78 is 10.0. The summed E-state index contributed by atoms with van der Waals surface area (Å²) in [7, 11) is 1.23. The first-order valence-corrected chi connectivity index (χ1v) is 6.48. The van der Waals surface area contributed by atoms with Crippen molar-refractivity contribution in [2.75, 3.05) is 7.11 Å². The van der Waals surface area contributed by atoms with Crippen molar-refractivity contribution in [3.63, 3.8) is 0 Å². The number of ether oxygens (including phenoxy) is 1. The highest BCUT2D eigenvalue weighted by Crippen LogP contribution is 2.36. The van der Waals surface area contributed by atoms with Crippen molar-refractivity contribution in [3.8, 4) is 0 Å². The van der Waals surface area contributed by atoms with Gasteiger partial charge >= 0.3 is 5.97 Å². The Morgan fingerprint density at radius 3 is 2.25 bits per heavy atom. The number of allylic oxidation sites excluding steroid dienone is 2. The van der Waals surface area contributed by atoms with Crippen LogP contribution in [0.15, 0.2) is 15.6 Å². The van der Waals surface area contributed by atoms with Gasteiger partial charge in [0.2, 0.25) is 5.78 Å². The SMILES string of the molecule is COC(=O)C(S)c1oc2c(c1C)C(=O)C(C)=C(C)C2=O. The van der Waals surface area contributed by atoms with Crippen LogP contribution in [-0.4, -0.2) is 24.6 Å². The molecular weight excluding hydrogens is 280 g/mol. The molecule has 2 rings (SSSR count). The first kappa shape index (κ1) is 14.6.